The highest BCUT2D eigenvalue weighted by atomic mass is 16.4. The van der Waals surface area contributed by atoms with Crippen molar-refractivity contribution in [3.05, 3.63) is 53.0 Å². The number of oxazole rings is 1. The van der Waals surface area contributed by atoms with Gasteiger partial charge in [-0.3, -0.25) is 9.36 Å². The molecule has 0 saturated carbocycles. The predicted octanol–water partition coefficient (Wildman–Crippen LogP) is 2.26. The van der Waals surface area contributed by atoms with E-state index in [4.69, 9.17) is 4.42 Å². The lowest BCUT2D eigenvalue weighted by Crippen LogP contribution is -2.28. The molecule has 0 radical (unpaired) electrons. The Balaban J connectivity index is 1.52. The van der Waals surface area contributed by atoms with Crippen LogP contribution in [0.25, 0.3) is 11.1 Å². The number of benzene rings is 1. The van der Waals surface area contributed by atoms with Gasteiger partial charge in [-0.2, -0.15) is 0 Å². The number of carbonyl (C=O) groups excluding carboxylic acids is 1. The van der Waals surface area contributed by atoms with E-state index in [0.717, 1.165) is 17.5 Å². The zero-order valence-corrected chi connectivity index (χ0v) is 14.4. The molecule has 1 aromatic carbocycles. The van der Waals surface area contributed by atoms with Gasteiger partial charge in [-0.25, -0.2) is 9.78 Å². The van der Waals surface area contributed by atoms with Crippen molar-refractivity contribution in [3.63, 3.8) is 0 Å². The number of imidazole rings is 1. The molecular weight excluding hydrogens is 320 g/mol. The maximum Gasteiger partial charge on any atom is 0.419 e. The average Bonchev–Trinajstić information content (AvgIpc) is 3.20. The predicted molar refractivity (Wildman–Crippen MR) is 94.4 cm³/mol. The summed E-state index contributed by atoms with van der Waals surface area (Å²) in [6.07, 6.45) is 6.47. The second-order valence-electron chi connectivity index (χ2n) is 6.24. The van der Waals surface area contributed by atoms with Crippen molar-refractivity contribution in [2.45, 2.75) is 39.3 Å². The van der Waals surface area contributed by atoms with Gasteiger partial charge in [0, 0.05) is 37.9 Å². The van der Waals surface area contributed by atoms with Crippen LogP contribution in [0.2, 0.25) is 0 Å². The van der Waals surface area contributed by atoms with Gasteiger partial charge in [0.05, 0.1) is 11.8 Å². The molecule has 2 heterocycles. The highest BCUT2D eigenvalue weighted by molar-refractivity contribution is 5.77. The number of hydrogen-bond acceptors (Lipinski definition) is 4. The van der Waals surface area contributed by atoms with Crippen LogP contribution in [-0.4, -0.2) is 26.6 Å². The maximum atomic E-state index is 12.0. The zero-order valence-electron chi connectivity index (χ0n) is 14.4. The van der Waals surface area contributed by atoms with Crippen molar-refractivity contribution in [2.75, 3.05) is 6.54 Å². The molecule has 25 heavy (non-hydrogen) atoms. The lowest BCUT2D eigenvalue weighted by Gasteiger charge is -2.13. The van der Waals surface area contributed by atoms with Gasteiger partial charge in [-0.05, 0) is 38.0 Å². The number of nitrogens with zero attached hydrogens (tertiary/aromatic N) is 3. The van der Waals surface area contributed by atoms with Gasteiger partial charge in [0.15, 0.2) is 5.58 Å². The summed E-state index contributed by atoms with van der Waals surface area (Å²) in [5.74, 6) is -0.506. The average molecular weight is 342 g/mol. The minimum absolute atomic E-state index is 0.0771. The van der Waals surface area contributed by atoms with Crippen molar-refractivity contribution < 1.29 is 9.21 Å². The van der Waals surface area contributed by atoms with Crippen LogP contribution >= 0.6 is 0 Å². The molecule has 7 heteroatoms. The lowest BCUT2D eigenvalue weighted by atomic mass is 10.2. The molecule has 1 amide bonds. The van der Waals surface area contributed by atoms with Crippen LogP contribution in [0.15, 0.2) is 46.1 Å². The maximum absolute atomic E-state index is 12.0. The largest absolute Gasteiger partial charge is 0.419 e. The van der Waals surface area contributed by atoms with E-state index in [1.807, 2.05) is 29.8 Å². The topological polar surface area (TPSA) is 82.1 Å². The van der Waals surface area contributed by atoms with Gasteiger partial charge in [0.2, 0.25) is 5.91 Å². The van der Waals surface area contributed by atoms with Crippen LogP contribution in [0.3, 0.4) is 0 Å². The van der Waals surface area contributed by atoms with E-state index < -0.39 is 5.76 Å². The molecule has 132 valence electrons. The lowest BCUT2D eigenvalue weighted by molar-refractivity contribution is -0.121. The Morgan fingerprint density at radius 3 is 3.00 bits per heavy atom. The first-order valence-corrected chi connectivity index (χ1v) is 8.39. The summed E-state index contributed by atoms with van der Waals surface area (Å²) >= 11 is 0. The van der Waals surface area contributed by atoms with Crippen LogP contribution in [0, 0.1) is 6.92 Å². The molecule has 3 aromatic rings. The first kappa shape index (κ1) is 17.0. The molecule has 0 spiro atoms. The Hall–Kier alpha value is -2.83. The first-order valence-electron chi connectivity index (χ1n) is 8.39. The van der Waals surface area contributed by atoms with Crippen molar-refractivity contribution in [2.24, 2.45) is 0 Å². The molecule has 0 aliphatic heterocycles. The number of carbonyl (C=O) groups is 1. The van der Waals surface area contributed by atoms with Crippen LogP contribution < -0.4 is 11.1 Å². The van der Waals surface area contributed by atoms with Crippen LogP contribution in [0.4, 0.5) is 0 Å². The van der Waals surface area contributed by atoms with E-state index in [9.17, 15) is 9.59 Å². The molecule has 2 aromatic heterocycles. The Morgan fingerprint density at radius 2 is 2.24 bits per heavy atom. The molecule has 0 unspecified atom stereocenters. The minimum Gasteiger partial charge on any atom is -0.408 e. The Labute approximate surface area is 145 Å². The van der Waals surface area contributed by atoms with Crippen LogP contribution in [0.5, 0.6) is 0 Å². The van der Waals surface area contributed by atoms with Crippen molar-refractivity contribution in [3.8, 4) is 0 Å². The highest BCUT2D eigenvalue weighted by Crippen LogP contribution is 2.15. The summed E-state index contributed by atoms with van der Waals surface area (Å²) < 4.78 is 8.72. The molecule has 3 rings (SSSR count). The normalized spacial score (nSPS) is 12.4. The molecule has 1 atom stereocenters. The Bertz CT molecular complexity index is 908. The van der Waals surface area contributed by atoms with E-state index in [1.165, 1.54) is 4.57 Å². The van der Waals surface area contributed by atoms with Crippen molar-refractivity contribution in [1.29, 1.82) is 0 Å². The number of hydrogen-bond donors (Lipinski definition) is 1. The first-order chi connectivity index (χ1) is 12.0. The number of aryl methyl sites for hydroxylation is 2. The van der Waals surface area contributed by atoms with E-state index in [2.05, 4.69) is 17.2 Å². The summed E-state index contributed by atoms with van der Waals surface area (Å²) in [4.78, 5) is 28.0. The fourth-order valence-corrected chi connectivity index (χ4v) is 2.79. The molecule has 0 saturated heterocycles. The number of nitrogens with one attached hydrogen (secondary N) is 1. The fourth-order valence-electron chi connectivity index (χ4n) is 2.79. The minimum atomic E-state index is -0.429. The standard InChI is InChI=1S/C18H22N4O3/c1-13-3-4-16-15(11-13)22(18(24)25-16)9-6-17(23)20-7-5-14(2)21-10-8-19-12-21/h3-4,8,10-12,14H,5-7,9H2,1-2H3,(H,20,23)/t14-/m0/s1. The molecule has 0 aliphatic rings. The van der Waals surface area contributed by atoms with Crippen LogP contribution in [-0.2, 0) is 11.3 Å². The number of amides is 1. The second-order valence-corrected chi connectivity index (χ2v) is 6.24. The number of aromatic nitrogens is 3. The van der Waals surface area contributed by atoms with Gasteiger partial charge >= 0.3 is 5.76 Å². The quantitative estimate of drug-likeness (QED) is 0.714. The second kappa shape index (κ2) is 7.38. The van der Waals surface area contributed by atoms with Gasteiger partial charge in [-0.1, -0.05) is 6.07 Å². The third-order valence-corrected chi connectivity index (χ3v) is 4.30. The van der Waals surface area contributed by atoms with Gasteiger partial charge in [0.25, 0.3) is 0 Å². The SMILES string of the molecule is Cc1ccc2oc(=O)n(CCC(=O)NCC[C@H](C)n3ccnc3)c2c1. The van der Waals surface area contributed by atoms with E-state index >= 15 is 0 Å². The molecule has 0 aliphatic carbocycles. The van der Waals surface area contributed by atoms with Gasteiger partial charge in [-0.15, -0.1) is 0 Å². The molecule has 7 nitrogen and oxygen atoms in total. The number of fused-ring (bicyclic) bond motifs is 1. The summed E-state index contributed by atoms with van der Waals surface area (Å²) in [6, 6.07) is 5.83. The Kier molecular flexibility index (Phi) is 5.02. The smallest absolute Gasteiger partial charge is 0.408 e. The summed E-state index contributed by atoms with van der Waals surface area (Å²) in [5.41, 5.74) is 2.32. The molecule has 1 N–H and O–H groups in total. The summed E-state index contributed by atoms with van der Waals surface area (Å²) in [6.45, 7) is 4.92. The zero-order chi connectivity index (χ0) is 17.8. The third kappa shape index (κ3) is 3.99. The van der Waals surface area contributed by atoms with E-state index in [1.54, 1.807) is 18.6 Å². The number of rotatable bonds is 7. The molecular formula is C18H22N4O3. The van der Waals surface area contributed by atoms with E-state index in [-0.39, 0.29) is 18.4 Å². The monoisotopic (exact) mass is 342 g/mol. The van der Waals surface area contributed by atoms with Crippen LogP contribution in [0.1, 0.15) is 31.4 Å². The van der Waals surface area contributed by atoms with E-state index in [0.29, 0.717) is 18.7 Å². The molecule has 0 fully saturated rings. The third-order valence-electron chi connectivity index (χ3n) is 4.30. The van der Waals surface area contributed by atoms with Crippen molar-refractivity contribution in [1.82, 2.24) is 19.4 Å². The Morgan fingerprint density at radius 1 is 1.40 bits per heavy atom. The fraction of sp³-hybridized carbons (Fsp3) is 0.389. The summed E-state index contributed by atoms with van der Waals surface area (Å²) in [7, 11) is 0. The van der Waals surface area contributed by atoms with Gasteiger partial charge in [0.1, 0.15) is 0 Å². The summed E-state index contributed by atoms with van der Waals surface area (Å²) in [5, 5.41) is 2.90. The highest BCUT2D eigenvalue weighted by Gasteiger charge is 2.11. The van der Waals surface area contributed by atoms with Crippen molar-refractivity contribution >= 4 is 17.0 Å². The van der Waals surface area contributed by atoms with Gasteiger partial charge < -0.3 is 14.3 Å². The molecule has 0 bridgehead atoms.